The molecule has 0 fully saturated rings. The SMILES string of the molecule is C=CCNC(=O)c1cccc(OC)c1CCC(C)C. The van der Waals surface area contributed by atoms with E-state index in [4.69, 9.17) is 4.74 Å². The Labute approximate surface area is 115 Å². The molecule has 19 heavy (non-hydrogen) atoms. The first-order valence-electron chi connectivity index (χ1n) is 6.65. The fourth-order valence-electron chi connectivity index (χ4n) is 1.92. The average molecular weight is 261 g/mol. The summed E-state index contributed by atoms with van der Waals surface area (Å²) < 4.78 is 5.37. The highest BCUT2D eigenvalue weighted by Gasteiger charge is 2.15. The van der Waals surface area contributed by atoms with E-state index in [1.54, 1.807) is 13.2 Å². The number of hydrogen-bond acceptors (Lipinski definition) is 2. The predicted octanol–water partition coefficient (Wildman–Crippen LogP) is 3.20. The summed E-state index contributed by atoms with van der Waals surface area (Å²) in [5.74, 6) is 1.30. The zero-order valence-electron chi connectivity index (χ0n) is 12.0. The zero-order valence-corrected chi connectivity index (χ0v) is 12.0. The summed E-state index contributed by atoms with van der Waals surface area (Å²) in [5.41, 5.74) is 1.68. The van der Waals surface area contributed by atoms with Gasteiger partial charge in [-0.25, -0.2) is 0 Å². The van der Waals surface area contributed by atoms with Crippen molar-refractivity contribution < 1.29 is 9.53 Å². The third kappa shape index (κ3) is 4.43. The van der Waals surface area contributed by atoms with Gasteiger partial charge in [0.1, 0.15) is 5.75 Å². The van der Waals surface area contributed by atoms with E-state index >= 15 is 0 Å². The molecule has 0 bridgehead atoms. The lowest BCUT2D eigenvalue weighted by molar-refractivity contribution is 0.0956. The van der Waals surface area contributed by atoms with Gasteiger partial charge < -0.3 is 10.1 Å². The third-order valence-corrected chi connectivity index (χ3v) is 2.98. The first-order valence-corrected chi connectivity index (χ1v) is 6.65. The molecule has 1 N–H and O–H groups in total. The van der Waals surface area contributed by atoms with Crippen LogP contribution in [0.25, 0.3) is 0 Å². The van der Waals surface area contributed by atoms with E-state index < -0.39 is 0 Å². The Morgan fingerprint density at radius 2 is 2.21 bits per heavy atom. The maximum Gasteiger partial charge on any atom is 0.251 e. The molecule has 1 amide bonds. The molecule has 1 rings (SSSR count). The van der Waals surface area contributed by atoms with Crippen LogP contribution < -0.4 is 10.1 Å². The van der Waals surface area contributed by atoms with Crippen LogP contribution in [0.2, 0.25) is 0 Å². The van der Waals surface area contributed by atoms with Crippen LogP contribution >= 0.6 is 0 Å². The minimum absolute atomic E-state index is 0.0717. The molecule has 0 saturated carbocycles. The fraction of sp³-hybridized carbons (Fsp3) is 0.438. The van der Waals surface area contributed by atoms with E-state index in [0.717, 1.165) is 24.2 Å². The molecule has 1 aromatic rings. The molecule has 104 valence electrons. The van der Waals surface area contributed by atoms with Gasteiger partial charge in [-0.05, 0) is 30.9 Å². The summed E-state index contributed by atoms with van der Waals surface area (Å²) in [5, 5.41) is 2.82. The van der Waals surface area contributed by atoms with Crippen molar-refractivity contribution in [1.82, 2.24) is 5.32 Å². The molecule has 0 aliphatic carbocycles. The number of nitrogens with one attached hydrogen (secondary N) is 1. The highest BCUT2D eigenvalue weighted by Crippen LogP contribution is 2.25. The third-order valence-electron chi connectivity index (χ3n) is 2.98. The van der Waals surface area contributed by atoms with Crippen molar-refractivity contribution in [2.24, 2.45) is 5.92 Å². The van der Waals surface area contributed by atoms with Crippen LogP contribution in [0.1, 0.15) is 36.2 Å². The normalized spacial score (nSPS) is 10.3. The van der Waals surface area contributed by atoms with E-state index in [0.29, 0.717) is 18.0 Å². The van der Waals surface area contributed by atoms with Crippen molar-refractivity contribution in [2.45, 2.75) is 26.7 Å². The lowest BCUT2D eigenvalue weighted by Gasteiger charge is -2.14. The van der Waals surface area contributed by atoms with Gasteiger partial charge in [-0.3, -0.25) is 4.79 Å². The first kappa shape index (κ1) is 15.3. The van der Waals surface area contributed by atoms with Crippen molar-refractivity contribution in [2.75, 3.05) is 13.7 Å². The van der Waals surface area contributed by atoms with Gasteiger partial charge in [0.25, 0.3) is 5.91 Å². The molecule has 0 aliphatic heterocycles. The van der Waals surface area contributed by atoms with Crippen LogP contribution in [0, 0.1) is 5.92 Å². The number of benzene rings is 1. The Balaban J connectivity index is 3.00. The summed E-state index contributed by atoms with van der Waals surface area (Å²) >= 11 is 0. The second kappa shape index (κ2) is 7.62. The number of ether oxygens (including phenoxy) is 1. The number of carbonyl (C=O) groups is 1. The molecular formula is C16H23NO2. The standard InChI is InChI=1S/C16H23NO2/c1-5-11-17-16(18)14-7-6-8-15(19-4)13(14)10-9-12(2)3/h5-8,12H,1,9-11H2,2-4H3,(H,17,18). The summed E-state index contributed by atoms with van der Waals surface area (Å²) in [6, 6.07) is 5.59. The van der Waals surface area contributed by atoms with Gasteiger partial charge in [0, 0.05) is 17.7 Å². The molecular weight excluding hydrogens is 238 g/mol. The average Bonchev–Trinajstić information content (AvgIpc) is 2.41. The molecule has 0 atom stereocenters. The maximum atomic E-state index is 12.1. The number of amides is 1. The number of carbonyl (C=O) groups excluding carboxylic acids is 1. The Morgan fingerprint density at radius 3 is 2.79 bits per heavy atom. The monoisotopic (exact) mass is 261 g/mol. The van der Waals surface area contributed by atoms with Crippen molar-refractivity contribution in [3.8, 4) is 5.75 Å². The molecule has 3 nitrogen and oxygen atoms in total. The molecule has 1 aromatic carbocycles. The van der Waals surface area contributed by atoms with E-state index in [9.17, 15) is 4.79 Å². The second-order valence-electron chi connectivity index (χ2n) is 4.92. The summed E-state index contributed by atoms with van der Waals surface area (Å²) in [6.45, 7) is 8.42. The van der Waals surface area contributed by atoms with Crippen molar-refractivity contribution in [1.29, 1.82) is 0 Å². The Bertz CT molecular complexity index is 438. The van der Waals surface area contributed by atoms with Gasteiger partial charge in [0.05, 0.1) is 7.11 Å². The number of hydrogen-bond donors (Lipinski definition) is 1. The first-order chi connectivity index (χ1) is 9.10. The quantitative estimate of drug-likeness (QED) is 0.765. The van der Waals surface area contributed by atoms with E-state index in [1.807, 2.05) is 18.2 Å². The van der Waals surface area contributed by atoms with Gasteiger partial charge in [-0.1, -0.05) is 26.0 Å². The topological polar surface area (TPSA) is 38.3 Å². The Kier molecular flexibility index (Phi) is 6.13. The van der Waals surface area contributed by atoms with E-state index in [1.165, 1.54) is 0 Å². The van der Waals surface area contributed by atoms with E-state index in [2.05, 4.69) is 25.7 Å². The summed E-state index contributed by atoms with van der Waals surface area (Å²) in [7, 11) is 1.64. The van der Waals surface area contributed by atoms with Gasteiger partial charge >= 0.3 is 0 Å². The Hall–Kier alpha value is -1.77. The molecule has 3 heteroatoms. The summed E-state index contributed by atoms with van der Waals surface area (Å²) in [4.78, 5) is 12.1. The van der Waals surface area contributed by atoms with Crippen LogP contribution in [0.4, 0.5) is 0 Å². The van der Waals surface area contributed by atoms with Gasteiger partial charge in [-0.15, -0.1) is 6.58 Å². The largest absolute Gasteiger partial charge is 0.496 e. The highest BCUT2D eigenvalue weighted by molar-refractivity contribution is 5.96. The molecule has 0 aromatic heterocycles. The molecule has 0 saturated heterocycles. The van der Waals surface area contributed by atoms with Crippen molar-refractivity contribution in [3.05, 3.63) is 42.0 Å². The molecule has 0 heterocycles. The molecule has 0 aliphatic rings. The fourth-order valence-corrected chi connectivity index (χ4v) is 1.92. The van der Waals surface area contributed by atoms with Crippen molar-refractivity contribution >= 4 is 5.91 Å². The summed E-state index contributed by atoms with van der Waals surface area (Å²) in [6.07, 6.45) is 3.55. The number of methoxy groups -OCH3 is 1. The molecule has 0 radical (unpaired) electrons. The van der Waals surface area contributed by atoms with Crippen LogP contribution in [0.5, 0.6) is 5.75 Å². The van der Waals surface area contributed by atoms with Crippen LogP contribution in [-0.4, -0.2) is 19.6 Å². The highest BCUT2D eigenvalue weighted by atomic mass is 16.5. The van der Waals surface area contributed by atoms with E-state index in [-0.39, 0.29) is 5.91 Å². The molecule has 0 spiro atoms. The van der Waals surface area contributed by atoms with Gasteiger partial charge in [-0.2, -0.15) is 0 Å². The Morgan fingerprint density at radius 1 is 1.47 bits per heavy atom. The van der Waals surface area contributed by atoms with Crippen molar-refractivity contribution in [3.63, 3.8) is 0 Å². The second-order valence-corrected chi connectivity index (χ2v) is 4.92. The minimum atomic E-state index is -0.0717. The zero-order chi connectivity index (χ0) is 14.3. The molecule has 0 unspecified atom stereocenters. The lowest BCUT2D eigenvalue weighted by atomic mass is 9.97. The minimum Gasteiger partial charge on any atom is -0.496 e. The van der Waals surface area contributed by atoms with Gasteiger partial charge in [0.2, 0.25) is 0 Å². The number of rotatable bonds is 7. The van der Waals surface area contributed by atoms with Crippen LogP contribution in [0.15, 0.2) is 30.9 Å². The maximum absolute atomic E-state index is 12.1. The lowest BCUT2D eigenvalue weighted by Crippen LogP contribution is -2.24. The van der Waals surface area contributed by atoms with Crippen LogP contribution in [-0.2, 0) is 6.42 Å². The van der Waals surface area contributed by atoms with Crippen LogP contribution in [0.3, 0.4) is 0 Å². The van der Waals surface area contributed by atoms with Gasteiger partial charge in [0.15, 0.2) is 0 Å². The smallest absolute Gasteiger partial charge is 0.251 e. The predicted molar refractivity (Wildman–Crippen MR) is 78.7 cm³/mol.